The molecule has 2 unspecified atom stereocenters. The number of rotatable bonds is 2. The van der Waals surface area contributed by atoms with Crippen molar-refractivity contribution in [2.75, 3.05) is 11.4 Å². The van der Waals surface area contributed by atoms with Gasteiger partial charge in [0.25, 0.3) is 0 Å². The molecule has 2 heterocycles. The molecule has 1 aliphatic rings. The number of halogens is 1. The van der Waals surface area contributed by atoms with E-state index in [1.165, 1.54) is 0 Å². The topological polar surface area (TPSA) is 49.2 Å². The molecule has 15 heavy (non-hydrogen) atoms. The second kappa shape index (κ2) is 4.33. The van der Waals surface area contributed by atoms with E-state index in [1.807, 2.05) is 4.90 Å². The SMILES string of the molecule is CC(O)C1CCCN1c1nccnc1Cl. The fourth-order valence-corrected chi connectivity index (χ4v) is 2.28. The minimum Gasteiger partial charge on any atom is -0.391 e. The van der Waals surface area contributed by atoms with Crippen LogP contribution in [-0.4, -0.2) is 33.8 Å². The van der Waals surface area contributed by atoms with E-state index in [9.17, 15) is 5.11 Å². The van der Waals surface area contributed by atoms with E-state index < -0.39 is 0 Å². The summed E-state index contributed by atoms with van der Waals surface area (Å²) in [4.78, 5) is 10.3. The number of anilines is 1. The third-order valence-corrected chi connectivity index (χ3v) is 3.03. The Bertz CT molecular complexity index is 345. The van der Waals surface area contributed by atoms with Gasteiger partial charge in [0.05, 0.1) is 12.1 Å². The summed E-state index contributed by atoms with van der Waals surface area (Å²) in [7, 11) is 0. The summed E-state index contributed by atoms with van der Waals surface area (Å²) < 4.78 is 0. The molecule has 5 heteroatoms. The Morgan fingerprint density at radius 1 is 1.53 bits per heavy atom. The van der Waals surface area contributed by atoms with Gasteiger partial charge in [0.2, 0.25) is 0 Å². The molecular weight excluding hydrogens is 214 g/mol. The van der Waals surface area contributed by atoms with E-state index in [-0.39, 0.29) is 12.1 Å². The summed E-state index contributed by atoms with van der Waals surface area (Å²) in [6.07, 6.45) is 4.86. The van der Waals surface area contributed by atoms with Crippen LogP contribution in [0.4, 0.5) is 5.82 Å². The molecule has 1 saturated heterocycles. The van der Waals surface area contributed by atoms with Crippen LogP contribution in [0.3, 0.4) is 0 Å². The lowest BCUT2D eigenvalue weighted by Gasteiger charge is -2.27. The van der Waals surface area contributed by atoms with Crippen molar-refractivity contribution in [2.45, 2.75) is 31.9 Å². The fraction of sp³-hybridized carbons (Fsp3) is 0.600. The lowest BCUT2D eigenvalue weighted by Crippen LogP contribution is -2.38. The van der Waals surface area contributed by atoms with Gasteiger partial charge >= 0.3 is 0 Å². The van der Waals surface area contributed by atoms with Crippen molar-refractivity contribution in [3.8, 4) is 0 Å². The third-order valence-electron chi connectivity index (χ3n) is 2.76. The van der Waals surface area contributed by atoms with Crippen LogP contribution >= 0.6 is 11.6 Å². The molecule has 1 aromatic rings. The van der Waals surface area contributed by atoms with Gasteiger partial charge in [0, 0.05) is 18.9 Å². The molecule has 0 amide bonds. The highest BCUT2D eigenvalue weighted by molar-refractivity contribution is 6.31. The van der Waals surface area contributed by atoms with Crippen LogP contribution in [0, 0.1) is 0 Å². The number of hydrogen-bond acceptors (Lipinski definition) is 4. The second-order valence-electron chi connectivity index (χ2n) is 3.81. The number of aromatic nitrogens is 2. The van der Waals surface area contributed by atoms with Crippen LogP contribution in [-0.2, 0) is 0 Å². The second-order valence-corrected chi connectivity index (χ2v) is 4.17. The van der Waals surface area contributed by atoms with Gasteiger partial charge in [-0.15, -0.1) is 0 Å². The highest BCUT2D eigenvalue weighted by Gasteiger charge is 2.30. The first-order chi connectivity index (χ1) is 7.20. The highest BCUT2D eigenvalue weighted by Crippen LogP contribution is 2.29. The predicted octanol–water partition coefficient (Wildman–Crippen LogP) is 1.48. The summed E-state index contributed by atoms with van der Waals surface area (Å²) in [5.41, 5.74) is 0. The predicted molar refractivity (Wildman–Crippen MR) is 59.1 cm³/mol. The van der Waals surface area contributed by atoms with E-state index in [2.05, 4.69) is 9.97 Å². The molecule has 1 N–H and O–H groups in total. The van der Waals surface area contributed by atoms with Crippen LogP contribution in [0.15, 0.2) is 12.4 Å². The van der Waals surface area contributed by atoms with E-state index in [4.69, 9.17) is 11.6 Å². The van der Waals surface area contributed by atoms with Gasteiger partial charge < -0.3 is 10.0 Å². The number of hydrogen-bond donors (Lipinski definition) is 1. The summed E-state index contributed by atoms with van der Waals surface area (Å²) in [5.74, 6) is 0.683. The molecule has 4 nitrogen and oxygen atoms in total. The van der Waals surface area contributed by atoms with E-state index >= 15 is 0 Å². The maximum atomic E-state index is 9.64. The van der Waals surface area contributed by atoms with Gasteiger partial charge in [-0.05, 0) is 19.8 Å². The summed E-state index contributed by atoms with van der Waals surface area (Å²) in [5, 5.41) is 10.0. The van der Waals surface area contributed by atoms with Crippen LogP contribution < -0.4 is 4.90 Å². The van der Waals surface area contributed by atoms with Crippen LogP contribution in [0.1, 0.15) is 19.8 Å². The van der Waals surface area contributed by atoms with Gasteiger partial charge in [-0.3, -0.25) is 0 Å². The first-order valence-corrected chi connectivity index (χ1v) is 5.49. The molecule has 1 aromatic heterocycles. The molecule has 0 bridgehead atoms. The van der Waals surface area contributed by atoms with Crippen molar-refractivity contribution < 1.29 is 5.11 Å². The third kappa shape index (κ3) is 2.06. The molecule has 0 saturated carbocycles. The Morgan fingerprint density at radius 2 is 2.27 bits per heavy atom. The zero-order valence-electron chi connectivity index (χ0n) is 8.60. The monoisotopic (exact) mass is 227 g/mol. The van der Waals surface area contributed by atoms with E-state index in [0.717, 1.165) is 19.4 Å². The summed E-state index contributed by atoms with van der Waals surface area (Å²) in [6, 6.07) is 0.110. The average molecular weight is 228 g/mol. The lowest BCUT2D eigenvalue weighted by atomic mass is 10.1. The average Bonchev–Trinajstić information content (AvgIpc) is 2.67. The van der Waals surface area contributed by atoms with Crippen LogP contribution in [0.25, 0.3) is 0 Å². The minimum absolute atomic E-state index is 0.110. The minimum atomic E-state index is -0.370. The van der Waals surface area contributed by atoms with Crippen molar-refractivity contribution in [3.63, 3.8) is 0 Å². The van der Waals surface area contributed by atoms with Crippen LogP contribution in [0.5, 0.6) is 0 Å². The Labute approximate surface area is 93.9 Å². The molecule has 82 valence electrons. The largest absolute Gasteiger partial charge is 0.391 e. The molecule has 0 aliphatic carbocycles. The number of nitrogens with zero attached hydrogens (tertiary/aromatic N) is 3. The molecule has 1 fully saturated rings. The molecule has 0 aromatic carbocycles. The van der Waals surface area contributed by atoms with Gasteiger partial charge in [-0.2, -0.15) is 0 Å². The zero-order chi connectivity index (χ0) is 10.8. The maximum Gasteiger partial charge on any atom is 0.171 e. The van der Waals surface area contributed by atoms with Gasteiger partial charge in [0.15, 0.2) is 11.0 Å². The smallest absolute Gasteiger partial charge is 0.171 e. The zero-order valence-corrected chi connectivity index (χ0v) is 9.35. The van der Waals surface area contributed by atoms with Gasteiger partial charge in [0.1, 0.15) is 0 Å². The molecule has 2 rings (SSSR count). The normalized spacial score (nSPS) is 23.1. The first-order valence-electron chi connectivity index (χ1n) is 5.11. The maximum absolute atomic E-state index is 9.64. The standard InChI is InChI=1S/C10H14ClN3O/c1-7(15)8-3-2-6-14(8)10-9(11)12-4-5-13-10/h4-5,7-8,15H,2-3,6H2,1H3. The first kappa shape index (κ1) is 10.6. The molecular formula is C10H14ClN3O. The Morgan fingerprint density at radius 3 is 2.93 bits per heavy atom. The molecule has 0 spiro atoms. The quantitative estimate of drug-likeness (QED) is 0.832. The van der Waals surface area contributed by atoms with E-state index in [0.29, 0.717) is 11.0 Å². The Balaban J connectivity index is 2.27. The van der Waals surface area contributed by atoms with Crippen LogP contribution in [0.2, 0.25) is 5.15 Å². The molecule has 2 atom stereocenters. The Hall–Kier alpha value is -0.870. The van der Waals surface area contributed by atoms with Crippen molar-refractivity contribution >= 4 is 17.4 Å². The summed E-state index contributed by atoms with van der Waals surface area (Å²) >= 11 is 5.98. The number of aliphatic hydroxyl groups excluding tert-OH is 1. The Kier molecular flexibility index (Phi) is 3.07. The summed E-state index contributed by atoms with van der Waals surface area (Å²) in [6.45, 7) is 2.68. The van der Waals surface area contributed by atoms with Gasteiger partial charge in [-0.1, -0.05) is 11.6 Å². The molecule has 0 radical (unpaired) electrons. The molecule has 1 aliphatic heterocycles. The fourth-order valence-electron chi connectivity index (χ4n) is 2.06. The van der Waals surface area contributed by atoms with Crippen molar-refractivity contribution in [3.05, 3.63) is 17.5 Å². The number of aliphatic hydroxyl groups is 1. The van der Waals surface area contributed by atoms with Gasteiger partial charge in [-0.25, -0.2) is 9.97 Å². The van der Waals surface area contributed by atoms with Crippen molar-refractivity contribution in [2.24, 2.45) is 0 Å². The highest BCUT2D eigenvalue weighted by atomic mass is 35.5. The lowest BCUT2D eigenvalue weighted by molar-refractivity contribution is 0.164. The van der Waals surface area contributed by atoms with E-state index in [1.54, 1.807) is 19.3 Å². The van der Waals surface area contributed by atoms with Crippen molar-refractivity contribution in [1.29, 1.82) is 0 Å². The van der Waals surface area contributed by atoms with Crippen molar-refractivity contribution in [1.82, 2.24) is 9.97 Å².